The number of halogens is 1. The molecule has 4 fully saturated rings. The molecule has 0 aromatic rings. The lowest BCUT2D eigenvalue weighted by molar-refractivity contribution is -0.193. The summed E-state index contributed by atoms with van der Waals surface area (Å²) in [6, 6.07) is 0.215. The van der Waals surface area contributed by atoms with E-state index in [9.17, 15) is 9.59 Å². The lowest BCUT2D eigenvalue weighted by Gasteiger charge is -2.47. The van der Waals surface area contributed by atoms with E-state index in [1.807, 2.05) is 0 Å². The van der Waals surface area contributed by atoms with E-state index in [0.717, 1.165) is 13.0 Å². The maximum absolute atomic E-state index is 11.6. The second kappa shape index (κ2) is 4.46. The molecule has 17 heavy (non-hydrogen) atoms. The van der Waals surface area contributed by atoms with Crippen LogP contribution in [0.2, 0.25) is 0 Å². The third-order valence-electron chi connectivity index (χ3n) is 4.14. The highest BCUT2D eigenvalue weighted by molar-refractivity contribution is 5.85. The standard InChI is InChI=1S/C11H15NO4.ClH/c1-15-10(13)7-4-6-8-5(2-3-12-8)9(7)16-11(6)14;/h5-9,12H,2-4H2,1H3;1H/t5-,6-,7+,8+,9-;/m0./s1. The molecule has 0 aromatic carbocycles. The summed E-state index contributed by atoms with van der Waals surface area (Å²) < 4.78 is 10.1. The van der Waals surface area contributed by atoms with Gasteiger partial charge in [0, 0.05) is 12.0 Å². The number of carbonyl (C=O) groups excluding carboxylic acids is 2. The van der Waals surface area contributed by atoms with Crippen LogP contribution in [0.3, 0.4) is 0 Å². The second-order valence-corrected chi connectivity index (χ2v) is 4.81. The third kappa shape index (κ3) is 1.72. The first-order valence-electron chi connectivity index (χ1n) is 5.74. The molecule has 0 unspecified atom stereocenters. The Kier molecular flexibility index (Phi) is 3.32. The van der Waals surface area contributed by atoms with Crippen molar-refractivity contribution in [2.75, 3.05) is 13.7 Å². The molecule has 3 heterocycles. The number of hydrogen-bond acceptors (Lipinski definition) is 5. The number of carbonyl (C=O) groups is 2. The zero-order chi connectivity index (χ0) is 11.3. The van der Waals surface area contributed by atoms with Gasteiger partial charge in [0.25, 0.3) is 0 Å². The van der Waals surface area contributed by atoms with Crippen LogP contribution in [-0.2, 0) is 19.1 Å². The van der Waals surface area contributed by atoms with Gasteiger partial charge in [0.1, 0.15) is 6.10 Å². The number of nitrogens with one attached hydrogen (secondary N) is 1. The van der Waals surface area contributed by atoms with E-state index in [2.05, 4.69) is 5.32 Å². The first kappa shape index (κ1) is 12.6. The number of hydrogen-bond donors (Lipinski definition) is 1. The van der Waals surface area contributed by atoms with E-state index >= 15 is 0 Å². The molecule has 5 nitrogen and oxygen atoms in total. The molecule has 0 amide bonds. The van der Waals surface area contributed by atoms with Crippen molar-refractivity contribution in [3.63, 3.8) is 0 Å². The predicted molar refractivity (Wildman–Crippen MR) is 60.6 cm³/mol. The van der Waals surface area contributed by atoms with Gasteiger partial charge in [0.15, 0.2) is 0 Å². The summed E-state index contributed by atoms with van der Waals surface area (Å²) in [6.45, 7) is 0.910. The zero-order valence-corrected chi connectivity index (χ0v) is 10.4. The van der Waals surface area contributed by atoms with Crippen LogP contribution in [0.4, 0.5) is 0 Å². The Labute approximate surface area is 106 Å². The molecule has 0 spiro atoms. The normalized spacial score (nSPS) is 42.4. The van der Waals surface area contributed by atoms with Crippen molar-refractivity contribution < 1.29 is 19.1 Å². The van der Waals surface area contributed by atoms with E-state index < -0.39 is 0 Å². The number of rotatable bonds is 1. The minimum absolute atomic E-state index is 0. The summed E-state index contributed by atoms with van der Waals surface area (Å²) in [5.41, 5.74) is 0. The van der Waals surface area contributed by atoms with E-state index in [0.29, 0.717) is 12.3 Å². The monoisotopic (exact) mass is 261 g/mol. The van der Waals surface area contributed by atoms with E-state index in [1.54, 1.807) is 0 Å². The predicted octanol–water partition coefficient (Wildman–Crippen LogP) is 0.121. The Morgan fingerprint density at radius 1 is 1.53 bits per heavy atom. The summed E-state index contributed by atoms with van der Waals surface area (Å²) in [5, 5.41) is 3.34. The van der Waals surface area contributed by atoms with Gasteiger partial charge in [-0.1, -0.05) is 0 Å². The summed E-state index contributed by atoms with van der Waals surface area (Å²) in [6.07, 6.45) is 1.28. The fourth-order valence-electron chi connectivity index (χ4n) is 3.43. The van der Waals surface area contributed by atoms with Crippen LogP contribution in [0.25, 0.3) is 0 Å². The third-order valence-corrected chi connectivity index (χ3v) is 4.14. The molecule has 4 aliphatic rings. The number of methoxy groups -OCH3 is 1. The van der Waals surface area contributed by atoms with Crippen molar-refractivity contribution in [3.8, 4) is 0 Å². The average Bonchev–Trinajstić information content (AvgIpc) is 2.78. The second-order valence-electron chi connectivity index (χ2n) is 4.81. The van der Waals surface area contributed by atoms with Crippen LogP contribution in [0, 0.1) is 17.8 Å². The van der Waals surface area contributed by atoms with Crippen molar-refractivity contribution in [1.82, 2.24) is 5.32 Å². The smallest absolute Gasteiger partial charge is 0.312 e. The maximum atomic E-state index is 11.6. The lowest BCUT2D eigenvalue weighted by Crippen LogP contribution is -2.60. The Morgan fingerprint density at radius 2 is 2.29 bits per heavy atom. The number of esters is 2. The van der Waals surface area contributed by atoms with Crippen LogP contribution >= 0.6 is 12.4 Å². The molecule has 1 saturated carbocycles. The molecule has 3 saturated heterocycles. The first-order valence-corrected chi connectivity index (χ1v) is 5.74. The Hall–Kier alpha value is -0.810. The van der Waals surface area contributed by atoms with Gasteiger partial charge in [-0.2, -0.15) is 0 Å². The summed E-state index contributed by atoms with van der Waals surface area (Å²) in [4.78, 5) is 23.3. The highest BCUT2D eigenvalue weighted by Gasteiger charge is 2.58. The fourth-order valence-corrected chi connectivity index (χ4v) is 3.43. The van der Waals surface area contributed by atoms with Crippen LogP contribution in [0.1, 0.15) is 12.8 Å². The topological polar surface area (TPSA) is 64.6 Å². The van der Waals surface area contributed by atoms with E-state index in [4.69, 9.17) is 9.47 Å². The maximum Gasteiger partial charge on any atom is 0.312 e. The Balaban J connectivity index is 0.00000108. The van der Waals surface area contributed by atoms with Crippen molar-refractivity contribution in [2.45, 2.75) is 25.0 Å². The van der Waals surface area contributed by atoms with Gasteiger partial charge in [-0.3, -0.25) is 9.59 Å². The number of fused-ring (bicyclic) bond motifs is 2. The summed E-state index contributed by atoms with van der Waals surface area (Å²) >= 11 is 0. The Bertz CT molecular complexity index is 348. The van der Waals surface area contributed by atoms with Crippen LogP contribution < -0.4 is 5.32 Å². The van der Waals surface area contributed by atoms with Crippen LogP contribution in [-0.4, -0.2) is 37.7 Å². The van der Waals surface area contributed by atoms with Crippen molar-refractivity contribution in [2.24, 2.45) is 17.8 Å². The molecule has 96 valence electrons. The fraction of sp³-hybridized carbons (Fsp3) is 0.818. The van der Waals surface area contributed by atoms with E-state index in [-0.39, 0.29) is 48.3 Å². The highest BCUT2D eigenvalue weighted by Crippen LogP contribution is 2.45. The van der Waals surface area contributed by atoms with E-state index in [1.165, 1.54) is 7.11 Å². The molecule has 1 aliphatic carbocycles. The molecule has 0 radical (unpaired) electrons. The van der Waals surface area contributed by atoms with Gasteiger partial charge in [-0.05, 0) is 19.4 Å². The quantitative estimate of drug-likeness (QED) is 0.680. The molecule has 3 aliphatic heterocycles. The molecule has 4 rings (SSSR count). The number of ether oxygens (including phenoxy) is 2. The first-order chi connectivity index (χ1) is 7.72. The van der Waals surface area contributed by atoms with Crippen molar-refractivity contribution in [3.05, 3.63) is 0 Å². The van der Waals surface area contributed by atoms with Gasteiger partial charge in [0.2, 0.25) is 0 Å². The van der Waals surface area contributed by atoms with Gasteiger partial charge in [0.05, 0.1) is 18.9 Å². The van der Waals surface area contributed by atoms with Crippen LogP contribution in [0.5, 0.6) is 0 Å². The van der Waals surface area contributed by atoms with Crippen molar-refractivity contribution >= 4 is 24.3 Å². The van der Waals surface area contributed by atoms with Gasteiger partial charge in [-0.15, -0.1) is 12.4 Å². The largest absolute Gasteiger partial charge is 0.469 e. The minimum atomic E-state index is -0.273. The molecule has 2 bridgehead atoms. The minimum Gasteiger partial charge on any atom is -0.469 e. The van der Waals surface area contributed by atoms with Gasteiger partial charge < -0.3 is 14.8 Å². The molecule has 1 N–H and O–H groups in total. The molecular formula is C11H16ClNO4. The SMILES string of the molecule is COC(=O)[C@@H]1C[C@@H]2C(=O)O[C@H]1[C@H]1CCN[C@H]12.Cl. The average molecular weight is 262 g/mol. The van der Waals surface area contributed by atoms with Crippen molar-refractivity contribution in [1.29, 1.82) is 0 Å². The molecule has 5 atom stereocenters. The van der Waals surface area contributed by atoms with Crippen LogP contribution in [0.15, 0.2) is 0 Å². The highest BCUT2D eigenvalue weighted by atomic mass is 35.5. The summed E-state index contributed by atoms with van der Waals surface area (Å²) in [5.74, 6) is -0.523. The zero-order valence-electron chi connectivity index (χ0n) is 9.55. The van der Waals surface area contributed by atoms with Gasteiger partial charge in [-0.25, -0.2) is 0 Å². The molecule has 6 heteroatoms. The lowest BCUT2D eigenvalue weighted by atomic mass is 9.68. The summed E-state index contributed by atoms with van der Waals surface area (Å²) in [7, 11) is 1.39. The molecule has 0 aromatic heterocycles. The van der Waals surface area contributed by atoms with Gasteiger partial charge >= 0.3 is 11.9 Å². The Morgan fingerprint density at radius 3 is 3.00 bits per heavy atom. The molecular weight excluding hydrogens is 246 g/mol.